The molecule has 0 bridgehead atoms. The van der Waals surface area contributed by atoms with Crippen molar-refractivity contribution in [3.8, 4) is 5.75 Å². The molecule has 0 fully saturated rings. The third-order valence-corrected chi connectivity index (χ3v) is 3.41. The van der Waals surface area contributed by atoms with Gasteiger partial charge in [-0.15, -0.1) is 0 Å². The highest BCUT2D eigenvalue weighted by molar-refractivity contribution is 6.30. The first kappa shape index (κ1) is 13.9. The second-order valence-electron chi connectivity index (χ2n) is 4.66. The molecular weight excluding hydrogens is 258 g/mol. The molecule has 0 amide bonds. The van der Waals surface area contributed by atoms with E-state index < -0.39 is 0 Å². The van der Waals surface area contributed by atoms with E-state index in [2.05, 4.69) is 19.1 Å². The van der Waals surface area contributed by atoms with E-state index in [-0.39, 0.29) is 0 Å². The van der Waals surface area contributed by atoms with Crippen LogP contribution < -0.4 is 10.5 Å². The lowest BCUT2D eigenvalue weighted by atomic mass is 10.1. The van der Waals surface area contributed by atoms with Crippen LogP contribution in [0, 0.1) is 13.8 Å². The minimum absolute atomic E-state index is 0.540. The molecule has 0 aliphatic heterocycles. The van der Waals surface area contributed by atoms with Gasteiger partial charge in [-0.1, -0.05) is 35.9 Å². The first-order valence-electron chi connectivity index (χ1n) is 6.27. The van der Waals surface area contributed by atoms with Crippen molar-refractivity contribution < 1.29 is 4.74 Å². The van der Waals surface area contributed by atoms with Gasteiger partial charge in [-0.3, -0.25) is 0 Å². The summed E-state index contributed by atoms with van der Waals surface area (Å²) in [5.74, 6) is 0.829. The van der Waals surface area contributed by atoms with Crippen LogP contribution in [0.15, 0.2) is 36.4 Å². The lowest BCUT2D eigenvalue weighted by Gasteiger charge is -2.12. The molecule has 0 atom stereocenters. The van der Waals surface area contributed by atoms with E-state index in [4.69, 9.17) is 22.1 Å². The second-order valence-corrected chi connectivity index (χ2v) is 5.10. The maximum Gasteiger partial charge on any atom is 0.124 e. The summed E-state index contributed by atoms with van der Waals surface area (Å²) in [6.07, 6.45) is 0. The molecule has 19 heavy (non-hydrogen) atoms. The van der Waals surface area contributed by atoms with E-state index in [1.807, 2.05) is 31.2 Å². The van der Waals surface area contributed by atoms with Gasteiger partial charge in [0.2, 0.25) is 0 Å². The van der Waals surface area contributed by atoms with E-state index in [1.165, 1.54) is 5.56 Å². The van der Waals surface area contributed by atoms with Crippen molar-refractivity contribution in [2.24, 2.45) is 5.73 Å². The van der Waals surface area contributed by atoms with Crippen LogP contribution in [0.1, 0.15) is 22.3 Å². The molecule has 100 valence electrons. The van der Waals surface area contributed by atoms with Crippen molar-refractivity contribution in [3.63, 3.8) is 0 Å². The molecule has 0 aromatic heterocycles. The fraction of sp³-hybridized carbons (Fsp3) is 0.250. The molecule has 3 heteroatoms. The van der Waals surface area contributed by atoms with Crippen molar-refractivity contribution in [2.75, 3.05) is 0 Å². The van der Waals surface area contributed by atoms with Crippen LogP contribution in [-0.2, 0) is 13.2 Å². The van der Waals surface area contributed by atoms with Crippen molar-refractivity contribution in [1.29, 1.82) is 0 Å². The van der Waals surface area contributed by atoms with Crippen LogP contribution in [-0.4, -0.2) is 0 Å². The average molecular weight is 276 g/mol. The summed E-state index contributed by atoms with van der Waals surface area (Å²) in [6, 6.07) is 11.9. The minimum Gasteiger partial charge on any atom is -0.489 e. The summed E-state index contributed by atoms with van der Waals surface area (Å²) in [4.78, 5) is 0. The van der Waals surface area contributed by atoms with E-state index in [1.54, 1.807) is 0 Å². The molecule has 2 rings (SSSR count). The third-order valence-electron chi connectivity index (χ3n) is 3.18. The quantitative estimate of drug-likeness (QED) is 0.915. The van der Waals surface area contributed by atoms with Gasteiger partial charge in [-0.2, -0.15) is 0 Å². The highest BCUT2D eigenvalue weighted by Gasteiger charge is 2.04. The molecule has 0 heterocycles. The van der Waals surface area contributed by atoms with Crippen LogP contribution in [0.25, 0.3) is 0 Å². The number of ether oxygens (including phenoxy) is 1. The van der Waals surface area contributed by atoms with Crippen LogP contribution >= 0.6 is 11.6 Å². The Morgan fingerprint density at radius 3 is 2.53 bits per heavy atom. The zero-order chi connectivity index (χ0) is 13.8. The Kier molecular flexibility index (Phi) is 4.46. The molecule has 0 aliphatic carbocycles. The zero-order valence-electron chi connectivity index (χ0n) is 11.2. The molecular formula is C16H18ClNO. The van der Waals surface area contributed by atoms with Crippen molar-refractivity contribution in [3.05, 3.63) is 63.7 Å². The molecule has 2 N–H and O–H groups in total. The molecule has 0 unspecified atom stereocenters. The normalized spacial score (nSPS) is 10.5. The molecule has 2 nitrogen and oxygen atoms in total. The molecule has 2 aromatic carbocycles. The fourth-order valence-corrected chi connectivity index (χ4v) is 2.09. The van der Waals surface area contributed by atoms with Gasteiger partial charge in [-0.05, 0) is 48.2 Å². The van der Waals surface area contributed by atoms with Crippen molar-refractivity contribution >= 4 is 11.6 Å². The number of hydrogen-bond acceptors (Lipinski definition) is 2. The summed E-state index contributed by atoms with van der Waals surface area (Å²) in [7, 11) is 0. The molecule has 0 aliphatic rings. The Labute approximate surface area is 119 Å². The predicted molar refractivity (Wildman–Crippen MR) is 79.6 cm³/mol. The van der Waals surface area contributed by atoms with Gasteiger partial charge in [-0.25, -0.2) is 0 Å². The van der Waals surface area contributed by atoms with Gasteiger partial charge < -0.3 is 10.5 Å². The molecule has 0 saturated heterocycles. The number of halogens is 1. The first-order chi connectivity index (χ1) is 9.10. The molecule has 0 saturated carbocycles. The Morgan fingerprint density at radius 2 is 1.84 bits per heavy atom. The summed E-state index contributed by atoms with van der Waals surface area (Å²) in [5.41, 5.74) is 10.2. The SMILES string of the molecule is Cc1cc(CN)ccc1COc1cc(Cl)ccc1C. The number of nitrogens with two attached hydrogens (primary N) is 1. The molecule has 0 spiro atoms. The van der Waals surface area contributed by atoms with Crippen molar-refractivity contribution in [1.82, 2.24) is 0 Å². The highest BCUT2D eigenvalue weighted by atomic mass is 35.5. The van der Waals surface area contributed by atoms with Crippen molar-refractivity contribution in [2.45, 2.75) is 27.0 Å². The molecule has 0 radical (unpaired) electrons. The predicted octanol–water partition coefficient (Wildman–Crippen LogP) is 3.99. The molecule has 2 aromatic rings. The van der Waals surface area contributed by atoms with Gasteiger partial charge in [0.05, 0.1) is 0 Å². The number of benzene rings is 2. The summed E-state index contributed by atoms with van der Waals surface area (Å²) < 4.78 is 5.84. The summed E-state index contributed by atoms with van der Waals surface area (Å²) in [5, 5.41) is 0.691. The Hall–Kier alpha value is -1.51. The van der Waals surface area contributed by atoms with Gasteiger partial charge in [0.15, 0.2) is 0 Å². The van der Waals surface area contributed by atoms with E-state index in [9.17, 15) is 0 Å². The van der Waals surface area contributed by atoms with Gasteiger partial charge >= 0.3 is 0 Å². The largest absolute Gasteiger partial charge is 0.489 e. The second kappa shape index (κ2) is 6.09. The monoisotopic (exact) mass is 275 g/mol. The maximum absolute atomic E-state index is 5.98. The fourth-order valence-electron chi connectivity index (χ4n) is 1.93. The smallest absolute Gasteiger partial charge is 0.124 e. The lowest BCUT2D eigenvalue weighted by molar-refractivity contribution is 0.303. The highest BCUT2D eigenvalue weighted by Crippen LogP contribution is 2.24. The Morgan fingerprint density at radius 1 is 1.05 bits per heavy atom. The van der Waals surface area contributed by atoms with Gasteiger partial charge in [0.1, 0.15) is 12.4 Å². The van der Waals surface area contributed by atoms with Gasteiger partial charge in [0, 0.05) is 11.6 Å². The number of hydrogen-bond donors (Lipinski definition) is 1. The summed E-state index contributed by atoms with van der Waals surface area (Å²) >= 11 is 5.98. The van der Waals surface area contributed by atoms with Crippen LogP contribution in [0.2, 0.25) is 5.02 Å². The van der Waals surface area contributed by atoms with Gasteiger partial charge in [0.25, 0.3) is 0 Å². The topological polar surface area (TPSA) is 35.2 Å². The van der Waals surface area contributed by atoms with Crippen LogP contribution in [0.4, 0.5) is 0 Å². The Balaban J connectivity index is 2.12. The third kappa shape index (κ3) is 3.49. The Bertz CT molecular complexity index is 581. The minimum atomic E-state index is 0.540. The summed E-state index contributed by atoms with van der Waals surface area (Å²) in [6.45, 7) is 5.19. The van der Waals surface area contributed by atoms with E-state index >= 15 is 0 Å². The average Bonchev–Trinajstić information content (AvgIpc) is 2.40. The maximum atomic E-state index is 5.98. The standard InChI is InChI=1S/C16H18ClNO/c1-11-3-6-15(17)8-16(11)19-10-14-5-4-13(9-18)7-12(14)2/h3-8H,9-10,18H2,1-2H3. The van der Waals surface area contributed by atoms with Crippen LogP contribution in [0.5, 0.6) is 5.75 Å². The lowest BCUT2D eigenvalue weighted by Crippen LogP contribution is -2.02. The first-order valence-corrected chi connectivity index (χ1v) is 6.65. The van der Waals surface area contributed by atoms with Crippen LogP contribution in [0.3, 0.4) is 0 Å². The zero-order valence-corrected chi connectivity index (χ0v) is 12.0. The van der Waals surface area contributed by atoms with E-state index in [0.717, 1.165) is 22.4 Å². The van der Waals surface area contributed by atoms with E-state index in [0.29, 0.717) is 18.2 Å². The number of aryl methyl sites for hydroxylation is 2. The number of rotatable bonds is 4.